The zero-order valence-corrected chi connectivity index (χ0v) is 8.80. The molecule has 0 aliphatic carbocycles. The summed E-state index contributed by atoms with van der Waals surface area (Å²) in [6, 6.07) is 8.00. The number of hydrogen-bond donors (Lipinski definition) is 2. The van der Waals surface area contributed by atoms with E-state index in [1.54, 1.807) is 0 Å². The fourth-order valence-electron chi connectivity index (χ4n) is 0.954. The van der Waals surface area contributed by atoms with E-state index in [0.717, 1.165) is 18.7 Å². The molecule has 2 nitrogen and oxygen atoms in total. The van der Waals surface area contributed by atoms with Crippen molar-refractivity contribution in [2.45, 2.75) is 20.3 Å². The predicted octanol–water partition coefficient (Wildman–Crippen LogP) is 2.06. The maximum atomic E-state index is 5.54. The Morgan fingerprint density at radius 1 is 1.15 bits per heavy atom. The van der Waals surface area contributed by atoms with Gasteiger partial charge in [-0.3, -0.25) is 0 Å². The lowest BCUT2D eigenvalue weighted by Crippen LogP contribution is -2.10. The Kier molecular flexibility index (Phi) is 7.02. The van der Waals surface area contributed by atoms with Gasteiger partial charge in [0.15, 0.2) is 0 Å². The van der Waals surface area contributed by atoms with Crippen LogP contribution in [0.3, 0.4) is 0 Å². The van der Waals surface area contributed by atoms with E-state index in [1.165, 1.54) is 5.56 Å². The summed E-state index contributed by atoms with van der Waals surface area (Å²) in [5, 5.41) is 3.10. The van der Waals surface area contributed by atoms with E-state index in [-0.39, 0.29) is 0 Å². The fourth-order valence-corrected chi connectivity index (χ4v) is 0.954. The molecular weight excluding hydrogens is 160 g/mol. The van der Waals surface area contributed by atoms with Gasteiger partial charge in [-0.25, -0.2) is 0 Å². The minimum Gasteiger partial charge on any atom is -0.399 e. The molecule has 74 valence electrons. The van der Waals surface area contributed by atoms with Crippen LogP contribution < -0.4 is 11.1 Å². The van der Waals surface area contributed by atoms with Gasteiger partial charge >= 0.3 is 0 Å². The molecule has 0 fully saturated rings. The number of nitrogens with two attached hydrogens (primary N) is 1. The number of nitrogens with one attached hydrogen (secondary N) is 1. The quantitative estimate of drug-likeness (QED) is 0.699. The van der Waals surface area contributed by atoms with E-state index >= 15 is 0 Å². The van der Waals surface area contributed by atoms with E-state index < -0.39 is 0 Å². The Balaban J connectivity index is 0.000000671. The highest BCUT2D eigenvalue weighted by Gasteiger charge is 1.89. The van der Waals surface area contributed by atoms with E-state index in [9.17, 15) is 0 Å². The molecule has 1 aromatic rings. The first-order chi connectivity index (χ1) is 6.33. The van der Waals surface area contributed by atoms with Crippen molar-refractivity contribution in [2.75, 3.05) is 19.3 Å². The molecule has 2 heteroatoms. The topological polar surface area (TPSA) is 38.0 Å². The minimum absolute atomic E-state index is 0.832. The van der Waals surface area contributed by atoms with Gasteiger partial charge in [0.05, 0.1) is 0 Å². The summed E-state index contributed by atoms with van der Waals surface area (Å²) in [6.07, 6.45) is 1.07. The average molecular weight is 180 g/mol. The van der Waals surface area contributed by atoms with Crippen LogP contribution in [0.2, 0.25) is 0 Å². The van der Waals surface area contributed by atoms with Gasteiger partial charge in [0.1, 0.15) is 0 Å². The standard InChI is InChI=1S/C9H14N2.C2H6/c1-11-7-6-8-2-4-9(10)5-3-8;1-2/h2-5,11H,6-7,10H2,1H3;1-2H3. The molecule has 0 aromatic heterocycles. The Morgan fingerprint density at radius 3 is 2.15 bits per heavy atom. The number of benzene rings is 1. The van der Waals surface area contributed by atoms with Crippen LogP contribution in [0.25, 0.3) is 0 Å². The Morgan fingerprint density at radius 2 is 1.69 bits per heavy atom. The summed E-state index contributed by atoms with van der Waals surface area (Å²) in [6.45, 7) is 5.02. The molecule has 0 radical (unpaired) electrons. The smallest absolute Gasteiger partial charge is 0.0314 e. The van der Waals surface area contributed by atoms with Crippen molar-refractivity contribution in [1.82, 2.24) is 5.32 Å². The normalized spacial score (nSPS) is 8.85. The monoisotopic (exact) mass is 180 g/mol. The van der Waals surface area contributed by atoms with Crippen LogP contribution in [0.15, 0.2) is 24.3 Å². The molecule has 0 spiro atoms. The number of hydrogen-bond acceptors (Lipinski definition) is 2. The van der Waals surface area contributed by atoms with Gasteiger partial charge in [-0.05, 0) is 37.7 Å². The van der Waals surface area contributed by atoms with Gasteiger partial charge in [0.2, 0.25) is 0 Å². The van der Waals surface area contributed by atoms with Crippen molar-refractivity contribution in [3.8, 4) is 0 Å². The van der Waals surface area contributed by atoms with Crippen LogP contribution >= 0.6 is 0 Å². The van der Waals surface area contributed by atoms with E-state index in [4.69, 9.17) is 5.73 Å². The van der Waals surface area contributed by atoms with Gasteiger partial charge < -0.3 is 11.1 Å². The summed E-state index contributed by atoms with van der Waals surface area (Å²) in [5.41, 5.74) is 7.70. The lowest BCUT2D eigenvalue weighted by Gasteiger charge is -2.00. The highest BCUT2D eigenvalue weighted by molar-refractivity contribution is 5.39. The van der Waals surface area contributed by atoms with Crippen molar-refractivity contribution in [1.29, 1.82) is 0 Å². The fraction of sp³-hybridized carbons (Fsp3) is 0.455. The lowest BCUT2D eigenvalue weighted by molar-refractivity contribution is 0.792. The van der Waals surface area contributed by atoms with E-state index in [2.05, 4.69) is 17.4 Å². The van der Waals surface area contributed by atoms with Crippen molar-refractivity contribution >= 4 is 5.69 Å². The average Bonchev–Trinajstić information content (AvgIpc) is 2.20. The first kappa shape index (κ1) is 12.0. The van der Waals surface area contributed by atoms with Gasteiger partial charge in [-0.1, -0.05) is 26.0 Å². The largest absolute Gasteiger partial charge is 0.399 e. The van der Waals surface area contributed by atoms with Gasteiger partial charge in [-0.15, -0.1) is 0 Å². The molecule has 0 unspecified atom stereocenters. The third-order valence-electron chi connectivity index (χ3n) is 1.64. The second-order valence-electron chi connectivity index (χ2n) is 2.60. The highest BCUT2D eigenvalue weighted by Crippen LogP contribution is 2.04. The van der Waals surface area contributed by atoms with Crippen molar-refractivity contribution in [3.63, 3.8) is 0 Å². The summed E-state index contributed by atoms with van der Waals surface area (Å²) < 4.78 is 0. The van der Waals surface area contributed by atoms with Crippen LogP contribution in [-0.4, -0.2) is 13.6 Å². The number of likely N-dealkylation sites (N-methyl/N-ethyl adjacent to an activating group) is 1. The second kappa shape index (κ2) is 7.62. The third-order valence-corrected chi connectivity index (χ3v) is 1.64. The van der Waals surface area contributed by atoms with Crippen molar-refractivity contribution in [2.24, 2.45) is 0 Å². The molecule has 1 aromatic carbocycles. The zero-order valence-electron chi connectivity index (χ0n) is 8.80. The highest BCUT2D eigenvalue weighted by atomic mass is 14.8. The lowest BCUT2D eigenvalue weighted by atomic mass is 10.1. The molecule has 3 N–H and O–H groups in total. The van der Waals surface area contributed by atoms with E-state index in [1.807, 2.05) is 33.0 Å². The van der Waals surface area contributed by atoms with Crippen molar-refractivity contribution < 1.29 is 0 Å². The van der Waals surface area contributed by atoms with Gasteiger partial charge in [0, 0.05) is 5.69 Å². The third kappa shape index (κ3) is 5.26. The molecule has 0 bridgehead atoms. The molecule has 0 amide bonds. The molecule has 0 saturated heterocycles. The first-order valence-electron chi connectivity index (χ1n) is 4.82. The van der Waals surface area contributed by atoms with Crippen LogP contribution in [0.1, 0.15) is 19.4 Å². The van der Waals surface area contributed by atoms with E-state index in [0.29, 0.717) is 0 Å². The molecule has 0 atom stereocenters. The molecule has 1 rings (SSSR count). The molecule has 0 saturated carbocycles. The molecule has 0 heterocycles. The summed E-state index contributed by atoms with van der Waals surface area (Å²) >= 11 is 0. The summed E-state index contributed by atoms with van der Waals surface area (Å²) in [4.78, 5) is 0. The van der Waals surface area contributed by atoms with Gasteiger partial charge in [0.25, 0.3) is 0 Å². The maximum Gasteiger partial charge on any atom is 0.0314 e. The molecular formula is C11H20N2. The summed E-state index contributed by atoms with van der Waals surface area (Å²) in [5.74, 6) is 0. The van der Waals surface area contributed by atoms with Crippen LogP contribution in [0.5, 0.6) is 0 Å². The van der Waals surface area contributed by atoms with Gasteiger partial charge in [-0.2, -0.15) is 0 Å². The predicted molar refractivity (Wildman–Crippen MR) is 59.8 cm³/mol. The molecule has 0 aliphatic rings. The SMILES string of the molecule is CC.CNCCc1ccc(N)cc1. The Bertz CT molecular complexity index is 204. The maximum absolute atomic E-state index is 5.54. The Labute approximate surface area is 81.2 Å². The number of rotatable bonds is 3. The second-order valence-corrected chi connectivity index (χ2v) is 2.60. The van der Waals surface area contributed by atoms with Crippen LogP contribution in [0, 0.1) is 0 Å². The molecule has 13 heavy (non-hydrogen) atoms. The zero-order chi connectivity index (χ0) is 10.1. The van der Waals surface area contributed by atoms with Crippen molar-refractivity contribution in [3.05, 3.63) is 29.8 Å². The Hall–Kier alpha value is -1.02. The number of nitrogen functional groups attached to an aromatic ring is 1. The first-order valence-corrected chi connectivity index (χ1v) is 4.82. The molecule has 0 aliphatic heterocycles. The summed E-state index contributed by atoms with van der Waals surface area (Å²) in [7, 11) is 1.96. The van der Waals surface area contributed by atoms with Crippen LogP contribution in [0.4, 0.5) is 5.69 Å². The minimum atomic E-state index is 0.832. The van der Waals surface area contributed by atoms with Crippen LogP contribution in [-0.2, 0) is 6.42 Å². The number of anilines is 1.